The number of nitrogens with zero attached hydrogens (tertiary/aromatic N) is 3. The quantitative estimate of drug-likeness (QED) is 0.568. The van der Waals surface area contributed by atoms with Gasteiger partial charge in [-0.05, 0) is 38.5 Å². The van der Waals surface area contributed by atoms with Gasteiger partial charge in [0.25, 0.3) is 0 Å². The van der Waals surface area contributed by atoms with Gasteiger partial charge in [-0.3, -0.25) is 4.79 Å². The SMILES string of the molecule is CCN(C(=O)CCc1ncc(-c2ccc(C)cc2)o1)C(C)c1ccc(C#N)cc1. The van der Waals surface area contributed by atoms with Gasteiger partial charge in [-0.2, -0.15) is 5.26 Å². The Morgan fingerprint density at radius 2 is 1.86 bits per heavy atom. The highest BCUT2D eigenvalue weighted by molar-refractivity contribution is 5.76. The van der Waals surface area contributed by atoms with Crippen molar-refractivity contribution >= 4 is 5.91 Å². The summed E-state index contributed by atoms with van der Waals surface area (Å²) in [6.45, 7) is 6.63. The van der Waals surface area contributed by atoms with Crippen LogP contribution < -0.4 is 0 Å². The summed E-state index contributed by atoms with van der Waals surface area (Å²) in [7, 11) is 0. The molecule has 0 aliphatic rings. The molecule has 148 valence electrons. The van der Waals surface area contributed by atoms with Gasteiger partial charge in [0.1, 0.15) is 0 Å². The zero-order valence-electron chi connectivity index (χ0n) is 17.1. The second-order valence-electron chi connectivity index (χ2n) is 7.07. The summed E-state index contributed by atoms with van der Waals surface area (Å²) in [6, 6.07) is 17.5. The Morgan fingerprint density at radius 3 is 2.48 bits per heavy atom. The van der Waals surface area contributed by atoms with Gasteiger partial charge < -0.3 is 9.32 Å². The van der Waals surface area contributed by atoms with Crippen molar-refractivity contribution in [2.24, 2.45) is 0 Å². The molecule has 0 N–H and O–H groups in total. The number of carbonyl (C=O) groups is 1. The molecule has 0 saturated carbocycles. The van der Waals surface area contributed by atoms with Gasteiger partial charge in [-0.25, -0.2) is 4.98 Å². The zero-order valence-corrected chi connectivity index (χ0v) is 17.1. The van der Waals surface area contributed by atoms with Crippen molar-refractivity contribution in [1.82, 2.24) is 9.88 Å². The van der Waals surface area contributed by atoms with E-state index in [4.69, 9.17) is 9.68 Å². The second-order valence-corrected chi connectivity index (χ2v) is 7.07. The lowest BCUT2D eigenvalue weighted by molar-refractivity contribution is -0.133. The Bertz CT molecular complexity index is 998. The molecule has 3 rings (SSSR count). The van der Waals surface area contributed by atoms with Crippen molar-refractivity contribution in [1.29, 1.82) is 5.26 Å². The van der Waals surface area contributed by atoms with E-state index in [1.54, 1.807) is 18.3 Å². The molecule has 1 aromatic heterocycles. The predicted octanol–water partition coefficient (Wildman–Crippen LogP) is 5.06. The summed E-state index contributed by atoms with van der Waals surface area (Å²) in [5.41, 5.74) is 3.79. The third-order valence-corrected chi connectivity index (χ3v) is 5.09. The smallest absolute Gasteiger partial charge is 0.223 e. The molecule has 0 spiro atoms. The van der Waals surface area contributed by atoms with Crippen LogP contribution in [0, 0.1) is 18.3 Å². The van der Waals surface area contributed by atoms with Crippen molar-refractivity contribution in [3.8, 4) is 17.4 Å². The van der Waals surface area contributed by atoms with Crippen LogP contribution in [-0.4, -0.2) is 22.3 Å². The monoisotopic (exact) mass is 387 g/mol. The van der Waals surface area contributed by atoms with Crippen LogP contribution in [0.4, 0.5) is 0 Å². The Balaban J connectivity index is 1.62. The molecule has 5 nitrogen and oxygen atoms in total. The largest absolute Gasteiger partial charge is 0.441 e. The third kappa shape index (κ3) is 4.91. The van der Waals surface area contributed by atoms with E-state index in [2.05, 4.69) is 11.1 Å². The minimum Gasteiger partial charge on any atom is -0.441 e. The van der Waals surface area contributed by atoms with E-state index < -0.39 is 0 Å². The maximum absolute atomic E-state index is 12.8. The van der Waals surface area contributed by atoms with E-state index in [1.165, 1.54) is 5.56 Å². The van der Waals surface area contributed by atoms with Gasteiger partial charge >= 0.3 is 0 Å². The zero-order chi connectivity index (χ0) is 20.8. The van der Waals surface area contributed by atoms with E-state index in [-0.39, 0.29) is 11.9 Å². The first-order valence-corrected chi connectivity index (χ1v) is 9.83. The van der Waals surface area contributed by atoms with E-state index >= 15 is 0 Å². The minimum absolute atomic E-state index is 0.0550. The van der Waals surface area contributed by atoms with Gasteiger partial charge in [0, 0.05) is 24.9 Å². The normalized spacial score (nSPS) is 11.7. The van der Waals surface area contributed by atoms with E-state index in [0.29, 0.717) is 36.6 Å². The van der Waals surface area contributed by atoms with Crippen LogP contribution in [-0.2, 0) is 11.2 Å². The lowest BCUT2D eigenvalue weighted by atomic mass is 10.0. The first-order chi connectivity index (χ1) is 14.0. The van der Waals surface area contributed by atoms with E-state index in [0.717, 1.165) is 11.1 Å². The Labute approximate surface area is 171 Å². The molecule has 1 heterocycles. The molecule has 3 aromatic rings. The van der Waals surface area contributed by atoms with Gasteiger partial charge in [0.2, 0.25) is 5.91 Å². The summed E-state index contributed by atoms with van der Waals surface area (Å²) < 4.78 is 5.83. The first-order valence-electron chi connectivity index (χ1n) is 9.83. The second kappa shape index (κ2) is 9.20. The molecular weight excluding hydrogens is 362 g/mol. The number of amides is 1. The number of carbonyl (C=O) groups excluding carboxylic acids is 1. The number of oxazole rings is 1. The molecule has 0 radical (unpaired) electrons. The molecule has 0 bridgehead atoms. The van der Waals surface area contributed by atoms with Crippen molar-refractivity contribution in [3.63, 3.8) is 0 Å². The topological polar surface area (TPSA) is 70.1 Å². The van der Waals surface area contributed by atoms with E-state index in [9.17, 15) is 4.79 Å². The van der Waals surface area contributed by atoms with Crippen LogP contribution in [0.15, 0.2) is 59.1 Å². The number of rotatable bonds is 7. The molecule has 5 heteroatoms. The minimum atomic E-state index is -0.0621. The Morgan fingerprint density at radius 1 is 1.17 bits per heavy atom. The highest BCUT2D eigenvalue weighted by atomic mass is 16.4. The number of aromatic nitrogens is 1. The van der Waals surface area contributed by atoms with Crippen molar-refractivity contribution in [3.05, 3.63) is 77.3 Å². The Kier molecular flexibility index (Phi) is 6.46. The maximum atomic E-state index is 12.8. The fraction of sp³-hybridized carbons (Fsp3) is 0.292. The maximum Gasteiger partial charge on any atom is 0.223 e. The summed E-state index contributed by atoms with van der Waals surface area (Å²) in [5, 5.41) is 8.95. The van der Waals surface area contributed by atoms with Gasteiger partial charge in [0.15, 0.2) is 11.7 Å². The first kappa shape index (κ1) is 20.3. The fourth-order valence-corrected chi connectivity index (χ4v) is 3.32. The summed E-state index contributed by atoms with van der Waals surface area (Å²) in [5.74, 6) is 1.33. The molecule has 1 amide bonds. The molecule has 29 heavy (non-hydrogen) atoms. The number of aryl methyl sites for hydroxylation is 2. The van der Waals surface area contributed by atoms with Gasteiger partial charge in [-0.1, -0.05) is 42.0 Å². The third-order valence-electron chi connectivity index (χ3n) is 5.09. The van der Waals surface area contributed by atoms with Crippen LogP contribution in [0.3, 0.4) is 0 Å². The predicted molar refractivity (Wildman–Crippen MR) is 112 cm³/mol. The lowest BCUT2D eigenvalue weighted by Gasteiger charge is -2.28. The van der Waals surface area contributed by atoms with Gasteiger partial charge in [0.05, 0.1) is 23.9 Å². The highest BCUT2D eigenvalue weighted by Gasteiger charge is 2.20. The molecule has 1 unspecified atom stereocenters. The molecule has 0 saturated heterocycles. The van der Waals surface area contributed by atoms with Crippen LogP contribution in [0.5, 0.6) is 0 Å². The molecule has 2 aromatic carbocycles. The molecule has 0 fully saturated rings. The number of hydrogen-bond acceptors (Lipinski definition) is 4. The average Bonchev–Trinajstić information content (AvgIpc) is 3.22. The van der Waals surface area contributed by atoms with E-state index in [1.807, 2.05) is 62.1 Å². The molecule has 1 atom stereocenters. The number of hydrogen-bond donors (Lipinski definition) is 0. The lowest BCUT2D eigenvalue weighted by Crippen LogP contribution is -2.33. The fourth-order valence-electron chi connectivity index (χ4n) is 3.32. The van der Waals surface area contributed by atoms with Gasteiger partial charge in [-0.15, -0.1) is 0 Å². The van der Waals surface area contributed by atoms with Crippen LogP contribution in [0.2, 0.25) is 0 Å². The molecule has 0 aliphatic heterocycles. The molecule has 0 aliphatic carbocycles. The average molecular weight is 387 g/mol. The summed E-state index contributed by atoms with van der Waals surface area (Å²) in [4.78, 5) is 19.0. The number of benzene rings is 2. The van der Waals surface area contributed by atoms with Crippen LogP contribution >= 0.6 is 0 Å². The van der Waals surface area contributed by atoms with Crippen LogP contribution in [0.25, 0.3) is 11.3 Å². The summed E-state index contributed by atoms with van der Waals surface area (Å²) >= 11 is 0. The van der Waals surface area contributed by atoms with Crippen molar-refractivity contribution in [2.75, 3.05) is 6.54 Å². The van der Waals surface area contributed by atoms with Crippen LogP contribution in [0.1, 0.15) is 48.9 Å². The van der Waals surface area contributed by atoms with Crippen molar-refractivity contribution < 1.29 is 9.21 Å². The summed E-state index contributed by atoms with van der Waals surface area (Å²) in [6.07, 6.45) is 2.50. The molecular formula is C24H25N3O2. The standard InChI is InChI=1S/C24H25N3O2/c1-4-27(18(3)20-11-7-19(15-25)8-12-20)24(28)14-13-23-26-16-22(29-23)21-9-5-17(2)6-10-21/h5-12,16,18H,4,13-14H2,1-3H3. The highest BCUT2D eigenvalue weighted by Crippen LogP contribution is 2.23. The van der Waals surface area contributed by atoms with Crippen molar-refractivity contribution in [2.45, 2.75) is 39.7 Å². The Hall–Kier alpha value is -3.39. The number of nitriles is 1.